The molecule has 266 valence electrons. The Labute approximate surface area is 280 Å². The fraction of sp³-hybridized carbons (Fsp3) is 0.714. The minimum Gasteiger partial charge on any atom is -0.480 e. The number of likely N-dealkylation sites (tertiary alicyclic amines) is 1. The van der Waals surface area contributed by atoms with E-state index in [1.165, 1.54) is 7.11 Å². The highest BCUT2D eigenvalue weighted by Gasteiger charge is 2.43. The Morgan fingerprint density at radius 3 is 2.23 bits per heavy atom. The summed E-state index contributed by atoms with van der Waals surface area (Å²) >= 11 is 0. The molecule has 12 nitrogen and oxygen atoms in total. The Morgan fingerprint density at radius 2 is 1.70 bits per heavy atom. The molecule has 1 aliphatic heterocycles. The number of methoxy groups -OCH3 is 3. The van der Waals surface area contributed by atoms with E-state index < -0.39 is 42.1 Å². The van der Waals surface area contributed by atoms with Crippen molar-refractivity contribution < 1.29 is 38.5 Å². The van der Waals surface area contributed by atoms with Crippen molar-refractivity contribution in [2.24, 2.45) is 17.8 Å². The standard InChI is InChI=1S/C35H58N4O8/c1-10-23(4)31(38(6)34(42)30(22(2)3)36-21-45-7)28(46-8)20-29(40)39-18-14-17-27(39)32(47-9)24(5)33(41)37-26(35(43)44)19-25-15-12-11-13-16-25/h11-13,15-16,22-24,26-28,30-32,36H,10,14,17-21H2,1-9H3,(H,37,41)(H,43,44)/t23-,24+,26-,27-,28+,30-,31?,32+/m0/s1. The molecule has 1 aromatic carbocycles. The van der Waals surface area contributed by atoms with E-state index in [1.807, 2.05) is 44.2 Å². The van der Waals surface area contributed by atoms with Crippen molar-refractivity contribution in [1.29, 1.82) is 0 Å². The van der Waals surface area contributed by atoms with Gasteiger partial charge in [0.05, 0.1) is 49.4 Å². The molecule has 1 saturated heterocycles. The molecule has 0 radical (unpaired) electrons. The highest BCUT2D eigenvalue weighted by Crippen LogP contribution is 2.29. The van der Waals surface area contributed by atoms with Crippen LogP contribution in [0.3, 0.4) is 0 Å². The summed E-state index contributed by atoms with van der Waals surface area (Å²) in [4.78, 5) is 56.6. The second-order valence-electron chi connectivity index (χ2n) is 13.0. The van der Waals surface area contributed by atoms with Crippen LogP contribution in [0.15, 0.2) is 30.3 Å². The van der Waals surface area contributed by atoms with E-state index in [0.29, 0.717) is 13.0 Å². The Bertz CT molecular complexity index is 1140. The molecule has 0 saturated carbocycles. The van der Waals surface area contributed by atoms with Crippen LogP contribution in [0, 0.1) is 17.8 Å². The topological polar surface area (TPSA) is 147 Å². The lowest BCUT2D eigenvalue weighted by Crippen LogP contribution is -2.57. The van der Waals surface area contributed by atoms with Gasteiger partial charge in [-0.25, -0.2) is 4.79 Å². The van der Waals surface area contributed by atoms with Gasteiger partial charge in [0.2, 0.25) is 17.7 Å². The van der Waals surface area contributed by atoms with Crippen LogP contribution in [0.5, 0.6) is 0 Å². The largest absolute Gasteiger partial charge is 0.480 e. The van der Waals surface area contributed by atoms with Gasteiger partial charge >= 0.3 is 5.97 Å². The third kappa shape index (κ3) is 11.0. The van der Waals surface area contributed by atoms with E-state index in [2.05, 4.69) is 24.5 Å². The van der Waals surface area contributed by atoms with Crippen molar-refractivity contribution in [3.8, 4) is 0 Å². The first-order chi connectivity index (χ1) is 22.3. The van der Waals surface area contributed by atoms with Gasteiger partial charge in [-0.3, -0.25) is 19.7 Å². The summed E-state index contributed by atoms with van der Waals surface area (Å²) in [5.74, 6) is -2.48. The Morgan fingerprint density at radius 1 is 1.04 bits per heavy atom. The number of likely N-dealkylation sites (N-methyl/N-ethyl adjacent to an activating group) is 1. The summed E-state index contributed by atoms with van der Waals surface area (Å²) in [5.41, 5.74) is 0.797. The first-order valence-corrected chi connectivity index (χ1v) is 16.7. The van der Waals surface area contributed by atoms with Gasteiger partial charge in [-0.2, -0.15) is 0 Å². The summed E-state index contributed by atoms with van der Waals surface area (Å²) in [6.45, 7) is 10.5. The first kappa shape index (κ1) is 40.1. The summed E-state index contributed by atoms with van der Waals surface area (Å²) in [5, 5.41) is 15.7. The van der Waals surface area contributed by atoms with Crippen LogP contribution in [-0.2, 0) is 39.8 Å². The highest BCUT2D eigenvalue weighted by atomic mass is 16.5. The van der Waals surface area contributed by atoms with Crippen molar-refractivity contribution >= 4 is 23.7 Å². The average molecular weight is 663 g/mol. The number of hydrogen-bond donors (Lipinski definition) is 3. The van der Waals surface area contributed by atoms with Crippen LogP contribution in [-0.4, -0.2) is 117 Å². The van der Waals surface area contributed by atoms with E-state index in [0.717, 1.165) is 18.4 Å². The molecule has 3 N–H and O–H groups in total. The molecule has 1 fully saturated rings. The molecular weight excluding hydrogens is 604 g/mol. The maximum absolute atomic E-state index is 14.0. The monoisotopic (exact) mass is 662 g/mol. The van der Waals surface area contributed by atoms with Crippen molar-refractivity contribution in [1.82, 2.24) is 20.4 Å². The summed E-state index contributed by atoms with van der Waals surface area (Å²) in [7, 11) is 6.41. The number of aliphatic carboxylic acids is 1. The predicted molar refractivity (Wildman–Crippen MR) is 179 cm³/mol. The molecule has 0 spiro atoms. The third-order valence-corrected chi connectivity index (χ3v) is 9.54. The fourth-order valence-electron chi connectivity index (χ4n) is 6.66. The second kappa shape index (κ2) is 19.7. The van der Waals surface area contributed by atoms with Crippen molar-refractivity contribution in [3.63, 3.8) is 0 Å². The number of carbonyl (C=O) groups excluding carboxylic acids is 3. The van der Waals surface area contributed by atoms with Crippen molar-refractivity contribution in [3.05, 3.63) is 35.9 Å². The third-order valence-electron chi connectivity index (χ3n) is 9.54. The maximum Gasteiger partial charge on any atom is 0.326 e. The minimum atomic E-state index is -1.12. The van der Waals surface area contributed by atoms with Gasteiger partial charge in [-0.1, -0.05) is 71.4 Å². The number of carbonyl (C=O) groups is 4. The van der Waals surface area contributed by atoms with Gasteiger partial charge in [0, 0.05) is 41.3 Å². The summed E-state index contributed by atoms with van der Waals surface area (Å²) in [6.07, 6.45) is 1.13. The van der Waals surface area contributed by atoms with Crippen LogP contribution in [0.1, 0.15) is 65.9 Å². The molecule has 2 rings (SSSR count). The molecule has 3 amide bonds. The predicted octanol–water partition coefficient (Wildman–Crippen LogP) is 2.94. The van der Waals surface area contributed by atoms with Gasteiger partial charge in [0.15, 0.2) is 0 Å². The fourth-order valence-corrected chi connectivity index (χ4v) is 6.66. The number of carboxylic acid groups (broad SMARTS) is 1. The molecular formula is C35H58N4O8. The number of nitrogens with one attached hydrogen (secondary N) is 2. The van der Waals surface area contributed by atoms with E-state index in [4.69, 9.17) is 14.2 Å². The first-order valence-electron chi connectivity index (χ1n) is 16.7. The van der Waals surface area contributed by atoms with Gasteiger partial charge in [-0.15, -0.1) is 0 Å². The molecule has 0 aromatic heterocycles. The van der Waals surface area contributed by atoms with Crippen LogP contribution in [0.2, 0.25) is 0 Å². The lowest BCUT2D eigenvalue weighted by atomic mass is 9.89. The molecule has 8 atom stereocenters. The normalized spacial score (nSPS) is 19.4. The lowest BCUT2D eigenvalue weighted by Gasteiger charge is -2.40. The second-order valence-corrected chi connectivity index (χ2v) is 13.0. The zero-order chi connectivity index (χ0) is 35.3. The SMILES string of the molecule is CC[C@H](C)C([C@@H](CC(=O)N1CCC[C@H]1[C@H](OC)[C@@H](C)C(=O)N[C@@H](Cc1ccccc1)C(=O)O)OC)N(C)C(=O)[C@@H](NCOC)C(C)C. The molecule has 0 aliphatic carbocycles. The van der Waals surface area contributed by atoms with E-state index >= 15 is 0 Å². The number of amides is 3. The summed E-state index contributed by atoms with van der Waals surface area (Å²) < 4.78 is 16.9. The quantitative estimate of drug-likeness (QED) is 0.179. The molecule has 1 heterocycles. The number of carboxylic acids is 1. The maximum atomic E-state index is 14.0. The van der Waals surface area contributed by atoms with Crippen molar-refractivity contribution in [2.75, 3.05) is 41.7 Å². The van der Waals surface area contributed by atoms with Crippen LogP contribution >= 0.6 is 0 Å². The zero-order valence-corrected chi connectivity index (χ0v) is 29.7. The molecule has 1 unspecified atom stereocenters. The lowest BCUT2D eigenvalue weighted by molar-refractivity contribution is -0.148. The molecule has 47 heavy (non-hydrogen) atoms. The number of hydrogen-bond acceptors (Lipinski definition) is 8. The number of nitrogens with zero attached hydrogens (tertiary/aromatic N) is 2. The van der Waals surface area contributed by atoms with Crippen molar-refractivity contribution in [2.45, 2.75) is 103 Å². The summed E-state index contributed by atoms with van der Waals surface area (Å²) in [6, 6.07) is 6.81. The molecule has 1 aliphatic rings. The average Bonchev–Trinajstić information content (AvgIpc) is 3.54. The van der Waals surface area contributed by atoms with Gasteiger partial charge in [0.1, 0.15) is 6.04 Å². The minimum absolute atomic E-state index is 0.0138. The van der Waals surface area contributed by atoms with Crippen LogP contribution in [0.25, 0.3) is 0 Å². The van der Waals surface area contributed by atoms with Gasteiger partial charge in [-0.05, 0) is 30.2 Å². The van der Waals surface area contributed by atoms with Crippen LogP contribution in [0.4, 0.5) is 0 Å². The Balaban J connectivity index is 2.22. The number of benzene rings is 1. The van der Waals surface area contributed by atoms with E-state index in [9.17, 15) is 24.3 Å². The van der Waals surface area contributed by atoms with Crippen LogP contribution < -0.4 is 10.6 Å². The van der Waals surface area contributed by atoms with Gasteiger partial charge in [0.25, 0.3) is 0 Å². The van der Waals surface area contributed by atoms with E-state index in [-0.39, 0.29) is 55.3 Å². The molecule has 0 bridgehead atoms. The number of ether oxygens (including phenoxy) is 3. The number of rotatable bonds is 20. The van der Waals surface area contributed by atoms with Gasteiger partial charge < -0.3 is 34.4 Å². The Hall–Kier alpha value is -3.06. The molecule has 12 heteroatoms. The Kier molecular flexibility index (Phi) is 16.8. The zero-order valence-electron chi connectivity index (χ0n) is 29.7. The highest BCUT2D eigenvalue weighted by molar-refractivity contribution is 5.86. The van der Waals surface area contributed by atoms with E-state index in [1.54, 1.807) is 38.0 Å². The smallest absolute Gasteiger partial charge is 0.326 e. The molecule has 1 aromatic rings.